The number of hydrogen-bond acceptors (Lipinski definition) is 3. The molecule has 1 N–H and O–H groups in total. The van der Waals surface area contributed by atoms with Gasteiger partial charge in [0.1, 0.15) is 0 Å². The lowest BCUT2D eigenvalue weighted by atomic mass is 10.1. The van der Waals surface area contributed by atoms with Gasteiger partial charge in [-0.25, -0.2) is 0 Å². The molecule has 0 aliphatic rings. The van der Waals surface area contributed by atoms with Gasteiger partial charge in [0.2, 0.25) is 0 Å². The predicted molar refractivity (Wildman–Crippen MR) is 79.2 cm³/mol. The van der Waals surface area contributed by atoms with E-state index in [2.05, 4.69) is 18.7 Å². The zero-order valence-corrected chi connectivity index (χ0v) is 12.4. The molecule has 1 aromatic rings. The van der Waals surface area contributed by atoms with Gasteiger partial charge in [-0.1, -0.05) is 44.2 Å². The second-order valence-corrected chi connectivity index (χ2v) is 5.40. The number of nitrogens with zero attached hydrogens (tertiary/aromatic N) is 1. The second kappa shape index (κ2) is 9.08. The largest absolute Gasteiger partial charge is 0.388 e. The number of aliphatic hydroxyl groups is 1. The van der Waals surface area contributed by atoms with Gasteiger partial charge < -0.3 is 14.7 Å². The molecule has 0 heterocycles. The van der Waals surface area contributed by atoms with E-state index >= 15 is 0 Å². The summed E-state index contributed by atoms with van der Waals surface area (Å²) in [5.74, 6) is 0.630. The molecule has 0 radical (unpaired) electrons. The zero-order valence-electron chi connectivity index (χ0n) is 12.4. The van der Waals surface area contributed by atoms with Crippen molar-refractivity contribution in [3.8, 4) is 0 Å². The number of rotatable bonds is 9. The van der Waals surface area contributed by atoms with Gasteiger partial charge in [0.25, 0.3) is 0 Å². The van der Waals surface area contributed by atoms with Crippen LogP contribution < -0.4 is 0 Å². The van der Waals surface area contributed by atoms with Crippen molar-refractivity contribution in [1.29, 1.82) is 0 Å². The van der Waals surface area contributed by atoms with E-state index in [1.165, 1.54) is 0 Å². The van der Waals surface area contributed by atoms with E-state index in [0.717, 1.165) is 38.2 Å². The van der Waals surface area contributed by atoms with Gasteiger partial charge in [0, 0.05) is 26.7 Å². The fourth-order valence-electron chi connectivity index (χ4n) is 2.18. The van der Waals surface area contributed by atoms with E-state index in [1.807, 2.05) is 30.3 Å². The predicted octanol–water partition coefficient (Wildman–Crippen LogP) is 2.71. The molecule has 0 aliphatic heterocycles. The molecular formula is C16H27NO2. The zero-order chi connectivity index (χ0) is 14.1. The number of aliphatic hydroxyl groups excluding tert-OH is 1. The van der Waals surface area contributed by atoms with Gasteiger partial charge in [-0.2, -0.15) is 0 Å². The average molecular weight is 265 g/mol. The lowest BCUT2D eigenvalue weighted by Crippen LogP contribution is -2.32. The SMILES string of the molecule is COCCN(CCC(O)c1ccccc1)CC(C)C. The van der Waals surface area contributed by atoms with Gasteiger partial charge in [-0.15, -0.1) is 0 Å². The fraction of sp³-hybridized carbons (Fsp3) is 0.625. The van der Waals surface area contributed by atoms with Crippen LogP contribution in [-0.2, 0) is 4.74 Å². The molecule has 1 atom stereocenters. The smallest absolute Gasteiger partial charge is 0.0802 e. The molecule has 108 valence electrons. The van der Waals surface area contributed by atoms with Crippen molar-refractivity contribution < 1.29 is 9.84 Å². The minimum Gasteiger partial charge on any atom is -0.388 e. The van der Waals surface area contributed by atoms with Crippen molar-refractivity contribution in [2.75, 3.05) is 33.4 Å². The molecule has 0 saturated carbocycles. The maximum absolute atomic E-state index is 10.2. The van der Waals surface area contributed by atoms with Crippen molar-refractivity contribution in [3.05, 3.63) is 35.9 Å². The third kappa shape index (κ3) is 6.71. The molecular weight excluding hydrogens is 238 g/mol. The molecule has 1 unspecified atom stereocenters. The Bertz CT molecular complexity index is 327. The summed E-state index contributed by atoms with van der Waals surface area (Å²) in [5.41, 5.74) is 0.999. The van der Waals surface area contributed by atoms with Crippen LogP contribution in [0.5, 0.6) is 0 Å². The van der Waals surface area contributed by atoms with E-state index < -0.39 is 0 Å². The van der Waals surface area contributed by atoms with Crippen LogP contribution in [-0.4, -0.2) is 43.4 Å². The number of benzene rings is 1. The molecule has 0 bridgehead atoms. The Morgan fingerprint density at radius 1 is 1.16 bits per heavy atom. The summed E-state index contributed by atoms with van der Waals surface area (Å²) in [6, 6.07) is 9.86. The summed E-state index contributed by atoms with van der Waals surface area (Å²) >= 11 is 0. The van der Waals surface area contributed by atoms with Crippen LogP contribution in [0, 0.1) is 5.92 Å². The quantitative estimate of drug-likeness (QED) is 0.745. The third-order valence-electron chi connectivity index (χ3n) is 3.14. The van der Waals surface area contributed by atoms with E-state index in [1.54, 1.807) is 7.11 Å². The van der Waals surface area contributed by atoms with E-state index in [0.29, 0.717) is 5.92 Å². The lowest BCUT2D eigenvalue weighted by molar-refractivity contribution is 0.111. The van der Waals surface area contributed by atoms with E-state index in [4.69, 9.17) is 4.74 Å². The normalized spacial score (nSPS) is 13.2. The van der Waals surface area contributed by atoms with E-state index in [9.17, 15) is 5.11 Å². The maximum atomic E-state index is 10.2. The number of hydrogen-bond donors (Lipinski definition) is 1. The Kier molecular flexibility index (Phi) is 7.72. The third-order valence-corrected chi connectivity index (χ3v) is 3.14. The topological polar surface area (TPSA) is 32.7 Å². The molecule has 0 fully saturated rings. The highest BCUT2D eigenvalue weighted by molar-refractivity contribution is 5.17. The van der Waals surface area contributed by atoms with Crippen molar-refractivity contribution in [2.24, 2.45) is 5.92 Å². The molecule has 19 heavy (non-hydrogen) atoms. The molecule has 0 aromatic heterocycles. The van der Waals surface area contributed by atoms with Gasteiger partial charge in [0.15, 0.2) is 0 Å². The summed E-state index contributed by atoms with van der Waals surface area (Å²) in [5, 5.41) is 10.2. The maximum Gasteiger partial charge on any atom is 0.0802 e. The Balaban J connectivity index is 2.41. The first-order chi connectivity index (χ1) is 9.13. The number of ether oxygens (including phenoxy) is 1. The molecule has 0 amide bonds. The summed E-state index contributed by atoms with van der Waals surface area (Å²) in [7, 11) is 1.73. The first-order valence-corrected chi connectivity index (χ1v) is 7.07. The van der Waals surface area contributed by atoms with Crippen LogP contribution in [0.1, 0.15) is 31.9 Å². The Hall–Kier alpha value is -0.900. The van der Waals surface area contributed by atoms with Gasteiger partial charge in [-0.3, -0.25) is 0 Å². The molecule has 0 saturated heterocycles. The highest BCUT2D eigenvalue weighted by atomic mass is 16.5. The summed E-state index contributed by atoms with van der Waals surface area (Å²) in [4.78, 5) is 2.36. The van der Waals surface area contributed by atoms with Crippen molar-refractivity contribution in [3.63, 3.8) is 0 Å². The summed E-state index contributed by atoms with van der Waals surface area (Å²) in [6.07, 6.45) is 0.388. The van der Waals surface area contributed by atoms with E-state index in [-0.39, 0.29) is 6.10 Å². The first-order valence-electron chi connectivity index (χ1n) is 7.07. The van der Waals surface area contributed by atoms with Crippen LogP contribution in [0.3, 0.4) is 0 Å². The molecule has 3 heteroatoms. The second-order valence-electron chi connectivity index (χ2n) is 5.40. The van der Waals surface area contributed by atoms with Crippen LogP contribution in [0.15, 0.2) is 30.3 Å². The minimum atomic E-state index is -0.376. The Morgan fingerprint density at radius 3 is 2.42 bits per heavy atom. The Morgan fingerprint density at radius 2 is 1.84 bits per heavy atom. The summed E-state index contributed by atoms with van der Waals surface area (Å²) in [6.45, 7) is 8.05. The van der Waals surface area contributed by atoms with Crippen LogP contribution in [0.2, 0.25) is 0 Å². The highest BCUT2D eigenvalue weighted by Crippen LogP contribution is 2.16. The number of methoxy groups -OCH3 is 1. The van der Waals surface area contributed by atoms with Crippen LogP contribution in [0.25, 0.3) is 0 Å². The fourth-order valence-corrected chi connectivity index (χ4v) is 2.18. The molecule has 1 rings (SSSR count). The molecule has 0 spiro atoms. The standard InChI is InChI=1S/C16H27NO2/c1-14(2)13-17(11-12-19-3)10-9-16(18)15-7-5-4-6-8-15/h4-8,14,16,18H,9-13H2,1-3H3. The minimum absolute atomic E-state index is 0.376. The molecule has 0 aliphatic carbocycles. The Labute approximate surface area is 117 Å². The molecule has 3 nitrogen and oxygen atoms in total. The van der Waals surface area contributed by atoms with Gasteiger partial charge >= 0.3 is 0 Å². The lowest BCUT2D eigenvalue weighted by Gasteiger charge is -2.25. The van der Waals surface area contributed by atoms with Gasteiger partial charge in [-0.05, 0) is 17.9 Å². The van der Waals surface area contributed by atoms with Crippen molar-refractivity contribution >= 4 is 0 Å². The van der Waals surface area contributed by atoms with Crippen molar-refractivity contribution in [2.45, 2.75) is 26.4 Å². The average Bonchev–Trinajstić information content (AvgIpc) is 2.42. The van der Waals surface area contributed by atoms with Crippen LogP contribution >= 0.6 is 0 Å². The molecule has 1 aromatic carbocycles. The monoisotopic (exact) mass is 265 g/mol. The van der Waals surface area contributed by atoms with Crippen molar-refractivity contribution in [1.82, 2.24) is 4.90 Å². The van der Waals surface area contributed by atoms with Gasteiger partial charge in [0.05, 0.1) is 12.7 Å². The van der Waals surface area contributed by atoms with Crippen LogP contribution in [0.4, 0.5) is 0 Å². The highest BCUT2D eigenvalue weighted by Gasteiger charge is 2.11. The first kappa shape index (κ1) is 16.2. The summed E-state index contributed by atoms with van der Waals surface area (Å²) < 4.78 is 5.14.